The first-order valence-corrected chi connectivity index (χ1v) is 10.1. The van der Waals surface area contributed by atoms with Crippen molar-refractivity contribution in [3.05, 3.63) is 63.7 Å². The number of nitrogens with zero attached hydrogens (tertiary/aromatic N) is 1. The van der Waals surface area contributed by atoms with Gasteiger partial charge in [-0.25, -0.2) is 4.68 Å². The minimum absolute atomic E-state index is 0.0540. The van der Waals surface area contributed by atoms with Crippen LogP contribution in [0.15, 0.2) is 53.0 Å². The molecule has 0 atom stereocenters. The maximum Gasteiger partial charge on any atom is 0.328 e. The van der Waals surface area contributed by atoms with Crippen LogP contribution in [-0.4, -0.2) is 28.4 Å². The summed E-state index contributed by atoms with van der Waals surface area (Å²) in [6, 6.07) is 13.7. The van der Waals surface area contributed by atoms with Gasteiger partial charge in [-0.3, -0.25) is 19.8 Å². The van der Waals surface area contributed by atoms with Gasteiger partial charge in [0.05, 0.1) is 5.52 Å². The number of nitrogens with one attached hydrogen (secondary N) is 3. The molecule has 3 N–H and O–H groups in total. The first-order chi connectivity index (χ1) is 13.9. The first kappa shape index (κ1) is 19.5. The van der Waals surface area contributed by atoms with E-state index >= 15 is 0 Å². The van der Waals surface area contributed by atoms with E-state index in [0.29, 0.717) is 16.2 Å². The number of carbonyl (C=O) groups is 3. The topological polar surface area (TPSA) is 92.2 Å². The summed E-state index contributed by atoms with van der Waals surface area (Å²) in [6.45, 7) is 0. The number of hydrogen-bond acceptors (Lipinski definition) is 3. The van der Waals surface area contributed by atoms with Crippen molar-refractivity contribution < 1.29 is 14.4 Å². The molecule has 3 amide bonds. The second-order valence-corrected chi connectivity index (χ2v) is 8.07. The van der Waals surface area contributed by atoms with Gasteiger partial charge in [0.1, 0.15) is 5.69 Å². The van der Waals surface area contributed by atoms with Crippen molar-refractivity contribution in [2.75, 3.05) is 10.7 Å². The van der Waals surface area contributed by atoms with Gasteiger partial charge >= 0.3 is 11.8 Å². The summed E-state index contributed by atoms with van der Waals surface area (Å²) >= 11 is 9.28. The molecular weight excluding hydrogens is 460 g/mol. The van der Waals surface area contributed by atoms with Gasteiger partial charge in [0.2, 0.25) is 0 Å². The van der Waals surface area contributed by atoms with Crippen molar-refractivity contribution in [3.63, 3.8) is 0 Å². The van der Waals surface area contributed by atoms with E-state index in [1.165, 1.54) is 4.68 Å². The fraction of sp³-hybridized carbons (Fsp3) is 0.150. The fourth-order valence-corrected chi connectivity index (χ4v) is 3.34. The Labute approximate surface area is 179 Å². The van der Waals surface area contributed by atoms with E-state index in [4.69, 9.17) is 11.6 Å². The molecule has 1 fully saturated rings. The smallest absolute Gasteiger partial charge is 0.328 e. The Morgan fingerprint density at radius 2 is 1.72 bits per heavy atom. The highest BCUT2D eigenvalue weighted by molar-refractivity contribution is 9.10. The molecule has 0 spiro atoms. The monoisotopic (exact) mass is 474 g/mol. The number of carbonyl (C=O) groups excluding carboxylic acids is 3. The molecule has 148 valence electrons. The summed E-state index contributed by atoms with van der Waals surface area (Å²) in [7, 11) is 0. The van der Waals surface area contributed by atoms with Gasteiger partial charge in [-0.1, -0.05) is 27.5 Å². The number of hydrogen-bond donors (Lipinski definition) is 3. The van der Waals surface area contributed by atoms with Crippen molar-refractivity contribution in [3.8, 4) is 0 Å². The minimum atomic E-state index is -0.835. The van der Waals surface area contributed by atoms with Crippen molar-refractivity contribution >= 4 is 61.8 Å². The van der Waals surface area contributed by atoms with Crippen LogP contribution in [0.2, 0.25) is 5.02 Å². The second-order valence-electron chi connectivity index (χ2n) is 6.72. The Balaban J connectivity index is 1.65. The van der Waals surface area contributed by atoms with Gasteiger partial charge in [0.25, 0.3) is 5.91 Å². The lowest BCUT2D eigenvalue weighted by Crippen LogP contribution is -2.40. The van der Waals surface area contributed by atoms with Crippen molar-refractivity contribution in [1.29, 1.82) is 0 Å². The summed E-state index contributed by atoms with van der Waals surface area (Å²) in [5, 5.41) is 6.67. The van der Waals surface area contributed by atoms with Crippen LogP contribution < -0.4 is 16.1 Å². The Morgan fingerprint density at radius 3 is 2.41 bits per heavy atom. The third-order valence-electron chi connectivity index (χ3n) is 4.43. The number of amides is 3. The van der Waals surface area contributed by atoms with Crippen LogP contribution in [0.3, 0.4) is 0 Å². The van der Waals surface area contributed by atoms with Gasteiger partial charge in [0, 0.05) is 26.6 Å². The molecule has 0 saturated heterocycles. The molecular formula is C20H16BrClN4O3. The van der Waals surface area contributed by atoms with Crippen LogP contribution >= 0.6 is 27.5 Å². The second kappa shape index (κ2) is 7.88. The molecule has 29 heavy (non-hydrogen) atoms. The van der Waals surface area contributed by atoms with Gasteiger partial charge in [0.15, 0.2) is 0 Å². The largest absolute Gasteiger partial charge is 0.345 e. The highest BCUT2D eigenvalue weighted by Crippen LogP contribution is 2.24. The molecule has 0 aliphatic heterocycles. The highest BCUT2D eigenvalue weighted by Gasteiger charge is 2.27. The van der Waals surface area contributed by atoms with Gasteiger partial charge < -0.3 is 10.6 Å². The Kier molecular flexibility index (Phi) is 5.29. The van der Waals surface area contributed by atoms with Crippen LogP contribution in [0, 0.1) is 0 Å². The zero-order chi connectivity index (χ0) is 20.5. The van der Waals surface area contributed by atoms with Crippen LogP contribution in [0.4, 0.5) is 5.69 Å². The molecule has 0 radical (unpaired) electrons. The molecule has 0 bridgehead atoms. The average molecular weight is 476 g/mol. The number of aromatic nitrogens is 1. The number of benzene rings is 2. The van der Waals surface area contributed by atoms with Crippen molar-refractivity contribution in [2.45, 2.75) is 18.9 Å². The quantitative estimate of drug-likeness (QED) is 0.503. The van der Waals surface area contributed by atoms with Crippen LogP contribution in [-0.2, 0) is 9.59 Å². The number of anilines is 1. The van der Waals surface area contributed by atoms with E-state index in [1.807, 2.05) is 6.07 Å². The van der Waals surface area contributed by atoms with Crippen LogP contribution in [0.5, 0.6) is 0 Å². The SMILES string of the molecule is O=C(NC1CC1)C(=O)Nn1c(C(=O)Nc2ccc(Cl)cc2)cc2cc(Br)ccc21. The molecule has 1 heterocycles. The van der Waals surface area contributed by atoms with E-state index in [0.717, 1.165) is 22.7 Å². The fourth-order valence-electron chi connectivity index (χ4n) is 2.83. The van der Waals surface area contributed by atoms with Crippen LogP contribution in [0.1, 0.15) is 23.3 Å². The predicted octanol–water partition coefficient (Wildman–Crippen LogP) is 3.66. The minimum Gasteiger partial charge on any atom is -0.345 e. The highest BCUT2D eigenvalue weighted by atomic mass is 79.9. The normalized spacial score (nSPS) is 13.2. The van der Waals surface area contributed by atoms with Gasteiger partial charge in [-0.15, -0.1) is 0 Å². The summed E-state index contributed by atoms with van der Waals surface area (Å²) in [5.41, 5.74) is 3.85. The Morgan fingerprint density at radius 1 is 1.00 bits per heavy atom. The lowest BCUT2D eigenvalue weighted by atomic mass is 10.2. The maximum atomic E-state index is 12.9. The van der Waals surface area contributed by atoms with E-state index in [1.54, 1.807) is 42.5 Å². The Bertz CT molecular complexity index is 1120. The number of rotatable bonds is 4. The first-order valence-electron chi connectivity index (χ1n) is 8.90. The molecule has 4 rings (SSSR count). The van der Waals surface area contributed by atoms with Crippen molar-refractivity contribution in [1.82, 2.24) is 9.99 Å². The molecule has 1 saturated carbocycles. The zero-order valence-corrected chi connectivity index (χ0v) is 17.4. The van der Waals surface area contributed by atoms with Crippen LogP contribution in [0.25, 0.3) is 10.9 Å². The Hall–Kier alpha value is -2.84. The summed E-state index contributed by atoms with van der Waals surface area (Å²) in [4.78, 5) is 37.3. The lowest BCUT2D eigenvalue weighted by molar-refractivity contribution is -0.136. The predicted molar refractivity (Wildman–Crippen MR) is 115 cm³/mol. The summed E-state index contributed by atoms with van der Waals surface area (Å²) in [6.07, 6.45) is 1.74. The summed E-state index contributed by atoms with van der Waals surface area (Å²) in [5.74, 6) is -2.00. The average Bonchev–Trinajstić information content (AvgIpc) is 3.43. The standard InChI is InChI=1S/C20H16BrClN4O3/c21-12-1-8-16-11(9-12)10-17(18(27)23-14-4-2-13(22)3-5-14)26(16)25-20(29)19(28)24-15-6-7-15/h1-5,8-10,15H,6-7H2,(H,23,27)(H,24,28)(H,25,29). The molecule has 1 aliphatic carbocycles. The van der Waals surface area contributed by atoms with Crippen molar-refractivity contribution in [2.24, 2.45) is 0 Å². The van der Waals surface area contributed by atoms with E-state index in [9.17, 15) is 14.4 Å². The molecule has 1 aromatic heterocycles. The maximum absolute atomic E-state index is 12.9. The van der Waals surface area contributed by atoms with E-state index in [-0.39, 0.29) is 11.7 Å². The summed E-state index contributed by atoms with van der Waals surface area (Å²) < 4.78 is 2.14. The molecule has 0 unspecified atom stereocenters. The molecule has 9 heteroatoms. The molecule has 2 aromatic carbocycles. The third kappa shape index (κ3) is 4.44. The molecule has 7 nitrogen and oxygen atoms in total. The third-order valence-corrected chi connectivity index (χ3v) is 5.18. The lowest BCUT2D eigenvalue weighted by Gasteiger charge is -2.12. The van der Waals surface area contributed by atoms with E-state index in [2.05, 4.69) is 32.0 Å². The zero-order valence-electron chi connectivity index (χ0n) is 15.0. The molecule has 1 aliphatic rings. The molecule has 3 aromatic rings. The number of fused-ring (bicyclic) bond motifs is 1. The van der Waals surface area contributed by atoms with Gasteiger partial charge in [-0.2, -0.15) is 0 Å². The number of halogens is 2. The van der Waals surface area contributed by atoms with E-state index < -0.39 is 17.7 Å². The van der Waals surface area contributed by atoms with Gasteiger partial charge in [-0.05, 0) is 61.4 Å².